The van der Waals surface area contributed by atoms with Crippen molar-refractivity contribution in [1.82, 2.24) is 4.90 Å². The fraction of sp³-hybridized carbons (Fsp3) is 0.238. The summed E-state index contributed by atoms with van der Waals surface area (Å²) in [6.45, 7) is 1.53. The lowest BCUT2D eigenvalue weighted by atomic mass is 10.1. The first-order chi connectivity index (χ1) is 13.9. The number of imide groups is 1. The molecule has 2 aliphatic rings. The number of ether oxygens (including phenoxy) is 1. The maximum absolute atomic E-state index is 12.5. The lowest BCUT2D eigenvalue weighted by molar-refractivity contribution is -0.151. The first kappa shape index (κ1) is 19.1. The van der Waals surface area contributed by atoms with Gasteiger partial charge in [-0.25, -0.2) is 4.90 Å². The molecular formula is C21H17ClN2O5. The monoisotopic (exact) mass is 412 g/mol. The van der Waals surface area contributed by atoms with Gasteiger partial charge in [-0.05, 0) is 36.8 Å². The number of nitrogens with zero attached hydrogens (tertiary/aromatic N) is 2. The average molecular weight is 413 g/mol. The van der Waals surface area contributed by atoms with Crippen molar-refractivity contribution in [2.45, 2.75) is 13.3 Å². The van der Waals surface area contributed by atoms with Crippen molar-refractivity contribution in [2.75, 3.05) is 18.2 Å². The highest BCUT2D eigenvalue weighted by molar-refractivity contribution is 6.31. The predicted octanol–water partition coefficient (Wildman–Crippen LogP) is 2.80. The maximum Gasteiger partial charge on any atom is 0.313 e. The fourth-order valence-corrected chi connectivity index (χ4v) is 3.64. The molecule has 4 rings (SSSR count). The van der Waals surface area contributed by atoms with Crippen LogP contribution in [0.15, 0.2) is 42.5 Å². The Kier molecular flexibility index (Phi) is 4.84. The van der Waals surface area contributed by atoms with Crippen LogP contribution in [-0.4, -0.2) is 41.9 Å². The summed E-state index contributed by atoms with van der Waals surface area (Å²) in [4.78, 5) is 51.8. The molecule has 0 bridgehead atoms. The first-order valence-corrected chi connectivity index (χ1v) is 9.43. The van der Waals surface area contributed by atoms with E-state index in [0.29, 0.717) is 10.7 Å². The number of fused-ring (bicyclic) bond motifs is 1. The van der Waals surface area contributed by atoms with Crippen LogP contribution in [-0.2, 0) is 14.3 Å². The molecule has 0 spiro atoms. The number of esters is 1. The van der Waals surface area contributed by atoms with E-state index < -0.39 is 30.4 Å². The third-order valence-electron chi connectivity index (χ3n) is 5.14. The minimum Gasteiger partial charge on any atom is -0.443 e. The van der Waals surface area contributed by atoms with Crippen molar-refractivity contribution in [3.05, 3.63) is 64.2 Å². The van der Waals surface area contributed by atoms with Crippen molar-refractivity contribution < 1.29 is 23.9 Å². The minimum atomic E-state index is -0.683. The van der Waals surface area contributed by atoms with Gasteiger partial charge < -0.3 is 9.64 Å². The van der Waals surface area contributed by atoms with Crippen LogP contribution in [0.2, 0.25) is 5.02 Å². The highest BCUT2D eigenvalue weighted by atomic mass is 35.5. The molecule has 29 heavy (non-hydrogen) atoms. The molecule has 0 aromatic heterocycles. The van der Waals surface area contributed by atoms with Gasteiger partial charge in [0.15, 0.2) is 6.73 Å². The zero-order valence-electron chi connectivity index (χ0n) is 15.6. The van der Waals surface area contributed by atoms with Gasteiger partial charge in [-0.15, -0.1) is 0 Å². The third-order valence-corrected chi connectivity index (χ3v) is 5.55. The van der Waals surface area contributed by atoms with Crippen molar-refractivity contribution in [2.24, 2.45) is 5.92 Å². The predicted molar refractivity (Wildman–Crippen MR) is 105 cm³/mol. The van der Waals surface area contributed by atoms with Crippen LogP contribution >= 0.6 is 11.6 Å². The Morgan fingerprint density at radius 1 is 1.10 bits per heavy atom. The molecule has 2 aromatic carbocycles. The second-order valence-electron chi connectivity index (χ2n) is 7.02. The number of benzene rings is 2. The Morgan fingerprint density at radius 2 is 1.76 bits per heavy atom. The summed E-state index contributed by atoms with van der Waals surface area (Å²) < 4.78 is 5.20. The van der Waals surface area contributed by atoms with Crippen molar-refractivity contribution >= 4 is 41.0 Å². The van der Waals surface area contributed by atoms with E-state index in [9.17, 15) is 19.2 Å². The Balaban J connectivity index is 1.40. The summed E-state index contributed by atoms with van der Waals surface area (Å²) in [7, 11) is 0. The van der Waals surface area contributed by atoms with Crippen LogP contribution in [0.25, 0.3) is 0 Å². The molecule has 7 nitrogen and oxygen atoms in total. The number of hydrogen-bond donors (Lipinski definition) is 0. The minimum absolute atomic E-state index is 0.00749. The average Bonchev–Trinajstić information content (AvgIpc) is 3.21. The number of amides is 3. The van der Waals surface area contributed by atoms with E-state index in [1.165, 1.54) is 4.90 Å². The largest absolute Gasteiger partial charge is 0.443 e. The summed E-state index contributed by atoms with van der Waals surface area (Å²) in [6.07, 6.45) is -0.00749. The smallest absolute Gasteiger partial charge is 0.313 e. The zero-order valence-corrected chi connectivity index (χ0v) is 16.3. The lowest BCUT2D eigenvalue weighted by Gasteiger charge is -2.18. The molecule has 0 N–H and O–H groups in total. The molecule has 148 valence electrons. The van der Waals surface area contributed by atoms with Gasteiger partial charge in [0.05, 0.1) is 17.0 Å². The Bertz CT molecular complexity index is 1020. The molecule has 0 radical (unpaired) electrons. The van der Waals surface area contributed by atoms with Crippen LogP contribution in [0.5, 0.6) is 0 Å². The molecular weight excluding hydrogens is 396 g/mol. The molecule has 0 unspecified atom stereocenters. The number of aryl methyl sites for hydroxylation is 1. The van der Waals surface area contributed by atoms with Crippen LogP contribution < -0.4 is 4.90 Å². The van der Waals surface area contributed by atoms with Crippen LogP contribution in [0.1, 0.15) is 32.7 Å². The van der Waals surface area contributed by atoms with Gasteiger partial charge in [0.1, 0.15) is 0 Å². The van der Waals surface area contributed by atoms with Crippen molar-refractivity contribution in [1.29, 1.82) is 0 Å². The Morgan fingerprint density at radius 3 is 2.38 bits per heavy atom. The van der Waals surface area contributed by atoms with E-state index >= 15 is 0 Å². The highest BCUT2D eigenvalue weighted by Crippen LogP contribution is 2.29. The first-order valence-electron chi connectivity index (χ1n) is 9.05. The number of rotatable bonds is 4. The lowest BCUT2D eigenvalue weighted by Crippen LogP contribution is -2.35. The highest BCUT2D eigenvalue weighted by Gasteiger charge is 2.39. The normalized spacial score (nSPS) is 18.4. The molecule has 2 heterocycles. The third kappa shape index (κ3) is 3.38. The standard InChI is InChI=1S/C21H17ClN2O5/c1-12-6-7-14(9-17(12)22)23-10-13(8-18(23)25)21(28)29-11-24-19(26)15-4-2-3-5-16(15)20(24)27/h2-7,9,13H,8,10-11H2,1H3/t13-/m1/s1. The van der Waals surface area contributed by atoms with E-state index in [1.807, 2.05) is 6.92 Å². The zero-order chi connectivity index (χ0) is 20.7. The SMILES string of the molecule is Cc1ccc(N2C[C@H](C(=O)OCN3C(=O)c4ccccc4C3=O)CC2=O)cc1Cl. The molecule has 8 heteroatoms. The van der Waals surface area contributed by atoms with Crippen molar-refractivity contribution in [3.63, 3.8) is 0 Å². The van der Waals surface area contributed by atoms with E-state index in [1.54, 1.807) is 42.5 Å². The summed E-state index contributed by atoms with van der Waals surface area (Å²) in [5.41, 5.74) is 2.07. The number of carbonyl (C=O) groups excluding carboxylic acids is 4. The van der Waals surface area contributed by atoms with E-state index in [4.69, 9.17) is 16.3 Å². The molecule has 2 aromatic rings. The summed E-state index contributed by atoms with van der Waals surface area (Å²) >= 11 is 6.13. The van der Waals surface area contributed by atoms with Gasteiger partial charge in [-0.3, -0.25) is 19.2 Å². The van der Waals surface area contributed by atoms with Crippen LogP contribution in [0.4, 0.5) is 5.69 Å². The van der Waals surface area contributed by atoms with Crippen LogP contribution in [0.3, 0.4) is 0 Å². The Hall–Kier alpha value is -3.19. The van der Waals surface area contributed by atoms with E-state index in [-0.39, 0.29) is 30.0 Å². The van der Waals surface area contributed by atoms with Gasteiger partial charge in [0.2, 0.25) is 5.91 Å². The maximum atomic E-state index is 12.5. The van der Waals surface area contributed by atoms with E-state index in [0.717, 1.165) is 10.5 Å². The summed E-state index contributed by atoms with van der Waals surface area (Å²) in [5.74, 6) is -2.53. The number of carbonyl (C=O) groups is 4. The number of halogens is 1. The number of hydrogen-bond acceptors (Lipinski definition) is 5. The van der Waals surface area contributed by atoms with Gasteiger partial charge in [0, 0.05) is 23.7 Å². The van der Waals surface area contributed by atoms with Gasteiger partial charge >= 0.3 is 5.97 Å². The molecule has 1 saturated heterocycles. The molecule has 0 saturated carbocycles. The number of anilines is 1. The quantitative estimate of drug-likeness (QED) is 0.569. The van der Waals surface area contributed by atoms with Gasteiger partial charge in [-0.1, -0.05) is 29.8 Å². The van der Waals surface area contributed by atoms with E-state index in [2.05, 4.69) is 0 Å². The van der Waals surface area contributed by atoms with Gasteiger partial charge in [-0.2, -0.15) is 0 Å². The second kappa shape index (κ2) is 7.33. The molecule has 0 aliphatic carbocycles. The van der Waals surface area contributed by atoms with Crippen LogP contribution in [0, 0.1) is 12.8 Å². The van der Waals surface area contributed by atoms with Crippen molar-refractivity contribution in [3.8, 4) is 0 Å². The molecule has 3 amide bonds. The fourth-order valence-electron chi connectivity index (χ4n) is 3.47. The van der Waals surface area contributed by atoms with Gasteiger partial charge in [0.25, 0.3) is 11.8 Å². The summed E-state index contributed by atoms with van der Waals surface area (Å²) in [6, 6.07) is 11.7. The Labute approximate surface area is 171 Å². The topological polar surface area (TPSA) is 84.0 Å². The molecule has 1 atom stereocenters. The second-order valence-corrected chi connectivity index (χ2v) is 7.42. The molecule has 1 fully saturated rings. The molecule has 2 aliphatic heterocycles. The summed E-state index contributed by atoms with van der Waals surface area (Å²) in [5, 5.41) is 0.534.